The van der Waals surface area contributed by atoms with Crippen molar-refractivity contribution in [2.24, 2.45) is 0 Å². The predicted molar refractivity (Wildman–Crippen MR) is 95.4 cm³/mol. The molecule has 1 aromatic rings. The van der Waals surface area contributed by atoms with Crippen molar-refractivity contribution in [3.8, 4) is 0 Å². The smallest absolute Gasteiger partial charge is 0.559 e. The Morgan fingerprint density at radius 1 is 1.31 bits per heavy atom. The normalized spacial score (nSPS) is 17.5. The summed E-state index contributed by atoms with van der Waals surface area (Å²) < 4.78 is 33.5. The van der Waals surface area contributed by atoms with E-state index in [-0.39, 0.29) is 54.1 Å². The molecule has 0 radical (unpaired) electrons. The van der Waals surface area contributed by atoms with Crippen molar-refractivity contribution in [1.82, 2.24) is 4.90 Å². The van der Waals surface area contributed by atoms with Crippen LogP contribution in [0.25, 0.3) is 0 Å². The molecular weight excluding hydrogens is 610 g/mol. The van der Waals surface area contributed by atoms with E-state index in [4.69, 9.17) is 9.84 Å². The minimum atomic E-state index is -3.22. The second-order valence-electron chi connectivity index (χ2n) is 6.32. The monoisotopic (exact) mass is 631 g/mol. The van der Waals surface area contributed by atoms with Crippen LogP contribution in [0.5, 0.6) is 0 Å². The van der Waals surface area contributed by atoms with Crippen molar-refractivity contribution in [3.63, 3.8) is 0 Å². The van der Waals surface area contributed by atoms with E-state index in [0.717, 1.165) is 11.1 Å². The molecule has 1 aliphatic rings. The van der Waals surface area contributed by atoms with Gasteiger partial charge in [-0.15, -0.1) is 6.10 Å². The van der Waals surface area contributed by atoms with Crippen molar-refractivity contribution < 1.29 is 64.4 Å². The summed E-state index contributed by atoms with van der Waals surface area (Å²) in [7, 11) is 0. The van der Waals surface area contributed by atoms with E-state index in [9.17, 15) is 23.5 Å². The molecule has 0 spiro atoms. The summed E-state index contributed by atoms with van der Waals surface area (Å²) in [6, 6.07) is 7.13. The number of allylic oxidation sites excluding steroid dienone is 1. The molecule has 1 aromatic carbocycles. The molecule has 1 atom stereocenters. The minimum absolute atomic E-state index is 0. The number of carbonyl (C=O) groups excluding carboxylic acids is 2. The van der Waals surface area contributed by atoms with E-state index in [2.05, 4.69) is 6.20 Å². The summed E-state index contributed by atoms with van der Waals surface area (Å²) in [6.07, 6.45) is 1.43. The zero-order chi connectivity index (χ0) is 20.9. The van der Waals surface area contributed by atoms with Crippen molar-refractivity contribution in [2.75, 3.05) is 6.61 Å². The van der Waals surface area contributed by atoms with Gasteiger partial charge in [-0.25, -0.2) is 8.78 Å². The third-order valence-corrected chi connectivity index (χ3v) is 4.14. The SMILES string of the molecule is CC(=O)/C(C)=C\N([C-]=C(O)[C@H]1O[C-]1CO)C(=O)CCC(F)(F)c1ccccc1.[U+2]. The van der Waals surface area contributed by atoms with Gasteiger partial charge >= 0.3 is 31.1 Å². The van der Waals surface area contributed by atoms with Crippen molar-refractivity contribution >= 4 is 11.7 Å². The number of amides is 1. The molecule has 0 aromatic heterocycles. The number of Topliss-reactive ketones (excluding diaryl/α,β-unsaturated/α-hetero) is 1. The number of nitrogens with zero attached hydrogens (tertiary/aromatic N) is 1. The fourth-order valence-electron chi connectivity index (χ4n) is 2.29. The van der Waals surface area contributed by atoms with Crippen LogP contribution in [-0.2, 0) is 20.2 Å². The first kappa shape index (κ1) is 25.5. The minimum Gasteiger partial charge on any atom is -0.559 e. The first-order valence-electron chi connectivity index (χ1n) is 8.56. The van der Waals surface area contributed by atoms with E-state index in [1.165, 1.54) is 38.1 Å². The third-order valence-electron chi connectivity index (χ3n) is 4.14. The molecular formula is C20H21F2NO5U. The van der Waals surface area contributed by atoms with Gasteiger partial charge in [-0.2, -0.15) is 0 Å². The van der Waals surface area contributed by atoms with Crippen molar-refractivity contribution in [2.45, 2.75) is 38.7 Å². The van der Waals surface area contributed by atoms with Gasteiger partial charge in [-0.3, -0.25) is 4.79 Å². The van der Waals surface area contributed by atoms with E-state index in [1.807, 2.05) is 0 Å². The average Bonchev–Trinajstić information content (AvgIpc) is 3.46. The van der Waals surface area contributed by atoms with E-state index in [0.29, 0.717) is 0 Å². The fraction of sp³-hybridized carbons (Fsp3) is 0.350. The molecule has 6 nitrogen and oxygen atoms in total. The summed E-state index contributed by atoms with van der Waals surface area (Å²) in [5, 5.41) is 18.9. The Balaban J connectivity index is 0.00000420. The first-order chi connectivity index (χ1) is 13.2. The first-order valence-corrected chi connectivity index (χ1v) is 8.56. The largest absolute Gasteiger partial charge is 2.00 e. The molecule has 0 saturated carbocycles. The van der Waals surface area contributed by atoms with Gasteiger partial charge in [0.15, 0.2) is 0 Å². The predicted octanol–water partition coefficient (Wildman–Crippen LogP) is 3.01. The summed E-state index contributed by atoms with van der Waals surface area (Å²) in [5.74, 6) is -4.83. The maximum Gasteiger partial charge on any atom is 2.00 e. The molecule has 0 aliphatic carbocycles. The Kier molecular flexibility index (Phi) is 9.70. The summed E-state index contributed by atoms with van der Waals surface area (Å²) in [6.45, 7) is 2.32. The molecule has 9 heteroatoms. The second-order valence-corrected chi connectivity index (χ2v) is 6.32. The van der Waals surface area contributed by atoms with Crippen LogP contribution in [0.2, 0.25) is 0 Å². The van der Waals surface area contributed by atoms with Gasteiger partial charge in [0.05, 0.1) is 0 Å². The van der Waals surface area contributed by atoms with Crippen LogP contribution in [0, 0.1) is 43.4 Å². The molecule has 1 saturated heterocycles. The van der Waals surface area contributed by atoms with Gasteiger partial charge in [0, 0.05) is 17.7 Å². The number of epoxide rings is 1. The second kappa shape index (κ2) is 11.0. The topological polar surface area (TPSA) is 90.4 Å². The maximum atomic E-state index is 14.3. The molecule has 0 unspecified atom stereocenters. The molecule has 154 valence electrons. The Morgan fingerprint density at radius 3 is 2.45 bits per heavy atom. The number of alkyl halides is 2. The van der Waals surface area contributed by atoms with Crippen molar-refractivity contribution in [3.05, 3.63) is 65.7 Å². The number of aliphatic hydroxyl groups excluding tert-OH is 2. The fourth-order valence-corrected chi connectivity index (χ4v) is 2.29. The van der Waals surface area contributed by atoms with E-state index >= 15 is 0 Å². The molecule has 2 N–H and O–H groups in total. The van der Waals surface area contributed by atoms with Gasteiger partial charge in [0.25, 0.3) is 5.92 Å². The standard InChI is InChI=1S/C20H21F2NO5.U/c1-13(14(2)25)10-23(11-16(26)19-17(12-24)28-19)18(27)8-9-20(21,22)15-6-4-3-5-7-15;/h3-7,10,19,24,26H,8-9,12H2,1-2H3;/q-2;+2/b13-10-;/t19-;/m1./s1. The number of hydrogen-bond donors (Lipinski definition) is 2. The molecule has 29 heavy (non-hydrogen) atoms. The van der Waals surface area contributed by atoms with Crippen LogP contribution >= 0.6 is 0 Å². The van der Waals surface area contributed by atoms with Gasteiger partial charge < -0.3 is 24.6 Å². The zero-order valence-corrected chi connectivity index (χ0v) is 20.1. The van der Waals surface area contributed by atoms with Crippen LogP contribution in [0.1, 0.15) is 32.3 Å². The summed E-state index contributed by atoms with van der Waals surface area (Å²) in [4.78, 5) is 24.7. The molecule has 0 bridgehead atoms. The van der Waals surface area contributed by atoms with E-state index < -0.39 is 43.1 Å². The molecule has 1 aliphatic heterocycles. The number of benzene rings is 1. The van der Waals surface area contributed by atoms with E-state index in [1.54, 1.807) is 6.07 Å². The number of ether oxygens (including phenoxy) is 1. The quantitative estimate of drug-likeness (QED) is 0.144. The Hall–Kier alpha value is -1.53. The maximum absolute atomic E-state index is 14.3. The molecule has 1 amide bonds. The van der Waals surface area contributed by atoms with Crippen LogP contribution in [0.15, 0.2) is 47.9 Å². The zero-order valence-electron chi connectivity index (χ0n) is 16.0. The number of rotatable bonds is 9. The number of hydrogen-bond acceptors (Lipinski definition) is 5. The third kappa shape index (κ3) is 7.34. The molecule has 1 heterocycles. The molecule has 1 fully saturated rings. The van der Waals surface area contributed by atoms with Crippen LogP contribution in [-0.4, -0.2) is 39.5 Å². The Bertz CT molecular complexity index is 782. The Labute approximate surface area is 191 Å². The summed E-state index contributed by atoms with van der Waals surface area (Å²) in [5.41, 5.74) is -0.0349. The van der Waals surface area contributed by atoms with Crippen molar-refractivity contribution in [1.29, 1.82) is 0 Å². The average molecular weight is 631 g/mol. The van der Waals surface area contributed by atoms with Gasteiger partial charge in [0.2, 0.25) is 0 Å². The van der Waals surface area contributed by atoms with Crippen LogP contribution in [0.3, 0.4) is 0 Å². The number of aliphatic hydroxyl groups is 2. The Morgan fingerprint density at radius 2 is 1.93 bits per heavy atom. The number of ketones is 1. The number of carbonyl (C=O) groups is 2. The van der Waals surface area contributed by atoms with Gasteiger partial charge in [-0.1, -0.05) is 49.3 Å². The van der Waals surface area contributed by atoms with Gasteiger partial charge in [0.1, 0.15) is 11.7 Å². The van der Waals surface area contributed by atoms with Gasteiger partial charge in [-0.05, 0) is 31.9 Å². The van der Waals surface area contributed by atoms with Crippen LogP contribution in [0.4, 0.5) is 8.78 Å². The number of halogens is 2. The molecule has 2 rings (SSSR count). The van der Waals surface area contributed by atoms with Crippen LogP contribution < -0.4 is 0 Å². The summed E-state index contributed by atoms with van der Waals surface area (Å²) >= 11 is 0.